The van der Waals surface area contributed by atoms with Gasteiger partial charge < -0.3 is 15.1 Å². The van der Waals surface area contributed by atoms with Crippen molar-refractivity contribution >= 4 is 23.2 Å². The van der Waals surface area contributed by atoms with Gasteiger partial charge in [-0.1, -0.05) is 23.7 Å². The highest BCUT2D eigenvalue weighted by Gasteiger charge is 2.20. The Bertz CT molecular complexity index is 696. The molecule has 126 valence electrons. The molecule has 0 aliphatic carbocycles. The smallest absolute Gasteiger partial charge is 0.255 e. The minimum atomic E-state index is 0.0470. The molecule has 0 unspecified atom stereocenters. The van der Waals surface area contributed by atoms with Crippen LogP contribution in [0.1, 0.15) is 15.9 Å². The predicted molar refractivity (Wildman–Crippen MR) is 96.4 cm³/mol. The number of rotatable bonds is 4. The molecule has 6 heteroatoms. The molecule has 1 fully saturated rings. The van der Waals surface area contributed by atoms with Gasteiger partial charge in [0.1, 0.15) is 0 Å². The molecule has 24 heavy (non-hydrogen) atoms. The Balaban J connectivity index is 1.63. The minimum Gasteiger partial charge on any atom is -0.380 e. The number of piperazine rings is 1. The van der Waals surface area contributed by atoms with Gasteiger partial charge in [0.25, 0.3) is 5.91 Å². The van der Waals surface area contributed by atoms with Gasteiger partial charge >= 0.3 is 0 Å². The van der Waals surface area contributed by atoms with Gasteiger partial charge in [0.2, 0.25) is 0 Å². The van der Waals surface area contributed by atoms with Crippen molar-refractivity contribution in [3.8, 4) is 0 Å². The highest BCUT2D eigenvalue weighted by molar-refractivity contribution is 6.30. The van der Waals surface area contributed by atoms with Gasteiger partial charge in [-0.2, -0.15) is 0 Å². The van der Waals surface area contributed by atoms with Gasteiger partial charge in [0.05, 0.1) is 11.3 Å². The summed E-state index contributed by atoms with van der Waals surface area (Å²) in [6.45, 7) is 4.00. The molecule has 0 atom stereocenters. The molecule has 1 aliphatic heterocycles. The lowest BCUT2D eigenvalue weighted by atomic mass is 10.2. The number of aromatic nitrogens is 1. The molecular formula is C18H21ClN4O. The van der Waals surface area contributed by atoms with E-state index in [4.69, 9.17) is 11.6 Å². The van der Waals surface area contributed by atoms with Crippen LogP contribution in [0, 0.1) is 0 Å². The van der Waals surface area contributed by atoms with Crippen molar-refractivity contribution in [2.75, 3.05) is 38.5 Å². The maximum Gasteiger partial charge on any atom is 0.255 e. The van der Waals surface area contributed by atoms with Crippen molar-refractivity contribution in [1.29, 1.82) is 0 Å². The van der Waals surface area contributed by atoms with E-state index in [1.807, 2.05) is 35.2 Å². The van der Waals surface area contributed by atoms with Gasteiger partial charge in [0.15, 0.2) is 0 Å². The Morgan fingerprint density at radius 1 is 1.17 bits per heavy atom. The summed E-state index contributed by atoms with van der Waals surface area (Å²) in [5, 5.41) is 4.02. The Morgan fingerprint density at radius 2 is 1.88 bits per heavy atom. The second-order valence-electron chi connectivity index (χ2n) is 6.04. The maximum atomic E-state index is 12.6. The van der Waals surface area contributed by atoms with Crippen molar-refractivity contribution in [2.24, 2.45) is 0 Å². The molecule has 5 nitrogen and oxygen atoms in total. The fraction of sp³-hybridized carbons (Fsp3) is 0.333. The van der Waals surface area contributed by atoms with Crippen LogP contribution in [-0.2, 0) is 6.54 Å². The normalized spacial score (nSPS) is 15.3. The molecule has 0 spiro atoms. The molecule has 3 rings (SSSR count). The number of amides is 1. The van der Waals surface area contributed by atoms with Crippen molar-refractivity contribution in [2.45, 2.75) is 6.54 Å². The van der Waals surface area contributed by atoms with Gasteiger partial charge in [-0.25, -0.2) is 0 Å². The summed E-state index contributed by atoms with van der Waals surface area (Å²) in [5.41, 5.74) is 2.58. The first-order valence-corrected chi connectivity index (χ1v) is 8.41. The molecule has 0 bridgehead atoms. The maximum absolute atomic E-state index is 12.6. The predicted octanol–water partition coefficient (Wildman–Crippen LogP) is 2.73. The van der Waals surface area contributed by atoms with E-state index < -0.39 is 0 Å². The van der Waals surface area contributed by atoms with Crippen molar-refractivity contribution in [3.05, 3.63) is 58.9 Å². The number of nitrogens with one attached hydrogen (secondary N) is 1. The summed E-state index contributed by atoms with van der Waals surface area (Å²) in [6.07, 6.45) is 3.37. The van der Waals surface area contributed by atoms with Crippen molar-refractivity contribution in [3.63, 3.8) is 0 Å². The molecule has 0 saturated carbocycles. The van der Waals surface area contributed by atoms with Crippen LogP contribution < -0.4 is 5.32 Å². The first-order chi connectivity index (χ1) is 11.6. The Hall–Kier alpha value is -2.11. The Kier molecular flexibility index (Phi) is 5.33. The van der Waals surface area contributed by atoms with Gasteiger partial charge in [-0.3, -0.25) is 9.78 Å². The topological polar surface area (TPSA) is 48.5 Å². The zero-order valence-electron chi connectivity index (χ0n) is 13.7. The van der Waals surface area contributed by atoms with Crippen LogP contribution >= 0.6 is 11.6 Å². The van der Waals surface area contributed by atoms with E-state index in [-0.39, 0.29) is 5.91 Å². The molecule has 0 radical (unpaired) electrons. The van der Waals surface area contributed by atoms with Gasteiger partial charge in [-0.15, -0.1) is 0 Å². The number of hydrogen-bond acceptors (Lipinski definition) is 4. The van der Waals surface area contributed by atoms with E-state index in [0.717, 1.165) is 42.5 Å². The highest BCUT2D eigenvalue weighted by Crippen LogP contribution is 2.15. The first kappa shape index (κ1) is 16.7. The lowest BCUT2D eigenvalue weighted by Gasteiger charge is -2.32. The Morgan fingerprint density at radius 3 is 2.58 bits per heavy atom. The van der Waals surface area contributed by atoms with Crippen LogP contribution in [-0.4, -0.2) is 53.9 Å². The SMILES string of the molecule is CN1CCN(C(=O)c2cncc(NCc3ccc(Cl)cc3)c2)CC1. The number of anilines is 1. The van der Waals surface area contributed by atoms with E-state index in [9.17, 15) is 4.79 Å². The summed E-state index contributed by atoms with van der Waals surface area (Å²) in [7, 11) is 2.07. The first-order valence-electron chi connectivity index (χ1n) is 8.03. The van der Waals surface area contributed by atoms with E-state index in [2.05, 4.69) is 22.2 Å². The molecule has 2 aromatic rings. The third kappa shape index (κ3) is 4.24. The van der Waals surface area contributed by atoms with Crippen LogP contribution in [0.2, 0.25) is 5.02 Å². The third-order valence-corrected chi connectivity index (χ3v) is 4.44. The van der Waals surface area contributed by atoms with Crippen LogP contribution in [0.5, 0.6) is 0 Å². The molecule has 1 aromatic carbocycles. The molecule has 1 N–H and O–H groups in total. The number of hydrogen-bond donors (Lipinski definition) is 1. The van der Waals surface area contributed by atoms with Crippen molar-refractivity contribution < 1.29 is 4.79 Å². The second-order valence-corrected chi connectivity index (χ2v) is 6.47. The lowest BCUT2D eigenvalue weighted by Crippen LogP contribution is -2.47. The zero-order chi connectivity index (χ0) is 16.9. The van der Waals surface area contributed by atoms with Crippen LogP contribution in [0.25, 0.3) is 0 Å². The number of benzene rings is 1. The number of carbonyl (C=O) groups is 1. The molecule has 1 amide bonds. The zero-order valence-corrected chi connectivity index (χ0v) is 14.5. The molecule has 1 aliphatic rings. The van der Waals surface area contributed by atoms with Crippen molar-refractivity contribution in [1.82, 2.24) is 14.8 Å². The summed E-state index contributed by atoms with van der Waals surface area (Å²) in [4.78, 5) is 20.9. The van der Waals surface area contributed by atoms with Gasteiger partial charge in [-0.05, 0) is 30.8 Å². The molecular weight excluding hydrogens is 324 g/mol. The van der Waals surface area contributed by atoms with E-state index in [1.165, 1.54) is 0 Å². The van der Waals surface area contributed by atoms with E-state index >= 15 is 0 Å². The van der Waals surface area contributed by atoms with Crippen LogP contribution in [0.3, 0.4) is 0 Å². The van der Waals surface area contributed by atoms with E-state index in [1.54, 1.807) is 12.4 Å². The summed E-state index contributed by atoms with van der Waals surface area (Å²) >= 11 is 5.89. The van der Waals surface area contributed by atoms with E-state index in [0.29, 0.717) is 12.1 Å². The number of halogens is 1. The summed E-state index contributed by atoms with van der Waals surface area (Å²) in [6, 6.07) is 9.54. The minimum absolute atomic E-state index is 0.0470. The quantitative estimate of drug-likeness (QED) is 0.926. The number of pyridine rings is 1. The Labute approximate surface area is 147 Å². The van der Waals surface area contributed by atoms with Crippen LogP contribution in [0.15, 0.2) is 42.7 Å². The van der Waals surface area contributed by atoms with Gasteiger partial charge in [0, 0.05) is 50.1 Å². The van der Waals surface area contributed by atoms with Crippen LogP contribution in [0.4, 0.5) is 5.69 Å². The molecule has 2 heterocycles. The fourth-order valence-corrected chi connectivity index (χ4v) is 2.78. The lowest BCUT2D eigenvalue weighted by molar-refractivity contribution is 0.0663. The second kappa shape index (κ2) is 7.64. The number of likely N-dealkylation sites (N-methyl/N-ethyl adjacent to an activating group) is 1. The standard InChI is InChI=1S/C18H21ClN4O/c1-22-6-8-23(9-7-22)18(24)15-10-17(13-20-12-15)21-11-14-2-4-16(19)5-3-14/h2-5,10,12-13,21H,6-9,11H2,1H3. The molecule has 1 aromatic heterocycles. The number of carbonyl (C=O) groups excluding carboxylic acids is 1. The fourth-order valence-electron chi connectivity index (χ4n) is 2.65. The summed E-state index contributed by atoms with van der Waals surface area (Å²) < 4.78 is 0. The third-order valence-electron chi connectivity index (χ3n) is 4.19. The number of nitrogens with zero attached hydrogens (tertiary/aromatic N) is 3. The monoisotopic (exact) mass is 344 g/mol. The average Bonchev–Trinajstić information content (AvgIpc) is 2.61. The summed E-state index contributed by atoms with van der Waals surface area (Å²) in [5.74, 6) is 0.0470. The molecule has 1 saturated heterocycles. The largest absolute Gasteiger partial charge is 0.380 e. The average molecular weight is 345 g/mol. The highest BCUT2D eigenvalue weighted by atomic mass is 35.5.